The van der Waals surface area contributed by atoms with Crippen LogP contribution in [-0.2, 0) is 19.5 Å². The fourth-order valence-electron chi connectivity index (χ4n) is 3.21. The summed E-state index contributed by atoms with van der Waals surface area (Å²) in [6.45, 7) is 2.79. The monoisotopic (exact) mass is 415 g/mol. The Morgan fingerprint density at radius 3 is 2.82 bits per heavy atom. The highest BCUT2D eigenvalue weighted by molar-refractivity contribution is 7.15. The minimum absolute atomic E-state index is 0. The molecule has 0 saturated heterocycles. The topological polar surface area (TPSA) is 54.5 Å². The Kier molecular flexibility index (Phi) is 6.67. The summed E-state index contributed by atoms with van der Waals surface area (Å²) in [4.78, 5) is 20.8. The van der Waals surface area contributed by atoms with Crippen molar-refractivity contribution in [3.63, 3.8) is 0 Å². The van der Waals surface area contributed by atoms with Crippen LogP contribution in [0.1, 0.15) is 26.5 Å². The Morgan fingerprint density at radius 2 is 2.04 bits per heavy atom. The quantitative estimate of drug-likeness (QED) is 0.671. The van der Waals surface area contributed by atoms with Gasteiger partial charge in [-0.2, -0.15) is 0 Å². The highest BCUT2D eigenvalue weighted by Crippen LogP contribution is 2.29. The van der Waals surface area contributed by atoms with E-state index in [0.29, 0.717) is 16.4 Å². The number of nitrogens with zero attached hydrogens (tertiary/aromatic N) is 2. The summed E-state index contributed by atoms with van der Waals surface area (Å²) < 4.78 is 5.18. The van der Waals surface area contributed by atoms with Crippen LogP contribution < -0.4 is 10.1 Å². The number of halogens is 1. The van der Waals surface area contributed by atoms with Crippen molar-refractivity contribution < 1.29 is 9.53 Å². The maximum Gasteiger partial charge on any atom is 0.257 e. The van der Waals surface area contributed by atoms with Gasteiger partial charge in [0.1, 0.15) is 5.75 Å². The molecule has 0 spiro atoms. The smallest absolute Gasteiger partial charge is 0.257 e. The van der Waals surface area contributed by atoms with Gasteiger partial charge in [0, 0.05) is 36.5 Å². The van der Waals surface area contributed by atoms with Crippen LogP contribution in [0, 0.1) is 0 Å². The summed E-state index contributed by atoms with van der Waals surface area (Å²) in [5.41, 5.74) is 2.98. The lowest BCUT2D eigenvalue weighted by molar-refractivity contribution is 0.102. The molecule has 1 aromatic heterocycles. The molecule has 7 heteroatoms. The number of thiazole rings is 1. The molecule has 2 aromatic carbocycles. The van der Waals surface area contributed by atoms with E-state index in [2.05, 4.69) is 39.5 Å². The number of carbonyl (C=O) groups excluding carboxylic acids is 1. The number of ether oxygens (including phenoxy) is 1. The molecule has 0 aliphatic carbocycles. The Morgan fingerprint density at radius 1 is 1.21 bits per heavy atom. The first kappa shape index (κ1) is 20.3. The van der Waals surface area contributed by atoms with E-state index in [1.54, 1.807) is 30.6 Å². The number of fused-ring (bicyclic) bond motifs is 1. The van der Waals surface area contributed by atoms with E-state index >= 15 is 0 Å². The zero-order valence-corrected chi connectivity index (χ0v) is 17.2. The van der Waals surface area contributed by atoms with Crippen LogP contribution in [0.4, 0.5) is 5.13 Å². The normalized spacial score (nSPS) is 13.3. The van der Waals surface area contributed by atoms with Gasteiger partial charge in [-0.25, -0.2) is 4.98 Å². The minimum Gasteiger partial charge on any atom is -0.497 e. The number of carbonyl (C=O) groups is 1. The van der Waals surface area contributed by atoms with Gasteiger partial charge in [0.2, 0.25) is 0 Å². The van der Waals surface area contributed by atoms with E-state index in [1.807, 2.05) is 18.2 Å². The molecule has 1 amide bonds. The van der Waals surface area contributed by atoms with Crippen LogP contribution in [0.3, 0.4) is 0 Å². The second-order valence-electron chi connectivity index (χ2n) is 6.52. The highest BCUT2D eigenvalue weighted by atomic mass is 35.5. The van der Waals surface area contributed by atoms with Crippen LogP contribution in [0.2, 0.25) is 0 Å². The summed E-state index contributed by atoms with van der Waals surface area (Å²) in [5.74, 6) is 0.499. The minimum atomic E-state index is -0.166. The SMILES string of the molecule is COc1cccc(C(=O)Nc2nc3c(s2)CN(Cc2ccccc2)CC3)c1.Cl. The van der Waals surface area contributed by atoms with E-state index in [0.717, 1.165) is 31.7 Å². The Hall–Kier alpha value is -2.41. The standard InChI is InChI=1S/C21H21N3O2S.ClH/c1-26-17-9-5-8-16(12-17)20(25)23-21-22-18-10-11-24(14-19(18)27-21)13-15-6-3-2-4-7-15;/h2-9,12H,10-11,13-14H2,1H3,(H,22,23,25);1H. The zero-order valence-electron chi connectivity index (χ0n) is 15.6. The van der Waals surface area contributed by atoms with E-state index < -0.39 is 0 Å². The van der Waals surface area contributed by atoms with E-state index in [9.17, 15) is 4.79 Å². The van der Waals surface area contributed by atoms with Crippen molar-refractivity contribution in [2.45, 2.75) is 19.5 Å². The second-order valence-corrected chi connectivity index (χ2v) is 7.60. The van der Waals surface area contributed by atoms with Gasteiger partial charge in [0.05, 0.1) is 12.8 Å². The fourth-order valence-corrected chi connectivity index (χ4v) is 4.26. The van der Waals surface area contributed by atoms with Gasteiger partial charge in [-0.05, 0) is 23.8 Å². The van der Waals surface area contributed by atoms with Crippen molar-refractivity contribution in [2.75, 3.05) is 19.0 Å². The molecule has 3 aromatic rings. The van der Waals surface area contributed by atoms with Crippen molar-refractivity contribution >= 4 is 34.8 Å². The number of methoxy groups -OCH3 is 1. The molecule has 1 N–H and O–H groups in total. The Bertz CT molecular complexity index is 946. The van der Waals surface area contributed by atoms with Gasteiger partial charge in [-0.1, -0.05) is 36.4 Å². The second kappa shape index (κ2) is 9.19. The van der Waals surface area contributed by atoms with Crippen LogP contribution in [0.5, 0.6) is 5.75 Å². The lowest BCUT2D eigenvalue weighted by Crippen LogP contribution is -2.29. The first-order chi connectivity index (χ1) is 13.2. The fraction of sp³-hybridized carbons (Fsp3) is 0.238. The molecule has 5 nitrogen and oxygen atoms in total. The zero-order chi connectivity index (χ0) is 18.6. The van der Waals surface area contributed by atoms with Crippen LogP contribution in [-0.4, -0.2) is 29.4 Å². The number of nitrogens with one attached hydrogen (secondary N) is 1. The van der Waals surface area contributed by atoms with Gasteiger partial charge >= 0.3 is 0 Å². The van der Waals surface area contributed by atoms with Crippen molar-refractivity contribution in [1.29, 1.82) is 0 Å². The molecule has 0 radical (unpaired) electrons. The predicted molar refractivity (Wildman–Crippen MR) is 115 cm³/mol. The molecule has 1 aliphatic rings. The maximum absolute atomic E-state index is 12.5. The number of anilines is 1. The first-order valence-corrected chi connectivity index (χ1v) is 9.73. The van der Waals surface area contributed by atoms with Crippen molar-refractivity contribution in [1.82, 2.24) is 9.88 Å². The summed E-state index contributed by atoms with van der Waals surface area (Å²) in [6.07, 6.45) is 0.910. The summed E-state index contributed by atoms with van der Waals surface area (Å²) in [5, 5.41) is 3.59. The van der Waals surface area contributed by atoms with Crippen molar-refractivity contribution in [3.05, 3.63) is 76.3 Å². The lowest BCUT2D eigenvalue weighted by atomic mass is 10.1. The Balaban J connectivity index is 0.00000225. The van der Waals surface area contributed by atoms with E-state index in [1.165, 1.54) is 10.4 Å². The van der Waals surface area contributed by atoms with E-state index in [4.69, 9.17) is 4.74 Å². The van der Waals surface area contributed by atoms with Gasteiger partial charge in [-0.3, -0.25) is 15.0 Å². The number of aromatic nitrogens is 1. The summed E-state index contributed by atoms with van der Waals surface area (Å²) >= 11 is 1.57. The van der Waals surface area contributed by atoms with E-state index in [-0.39, 0.29) is 18.3 Å². The molecule has 0 unspecified atom stereocenters. The summed E-state index contributed by atoms with van der Waals surface area (Å²) in [7, 11) is 1.59. The molecule has 2 heterocycles. The van der Waals surface area contributed by atoms with Crippen LogP contribution in [0.15, 0.2) is 54.6 Å². The molecule has 146 valence electrons. The molecule has 1 aliphatic heterocycles. The third-order valence-corrected chi connectivity index (χ3v) is 5.61. The Labute approximate surface area is 174 Å². The molecular weight excluding hydrogens is 394 g/mol. The van der Waals surface area contributed by atoms with Crippen molar-refractivity contribution in [2.24, 2.45) is 0 Å². The van der Waals surface area contributed by atoms with Crippen LogP contribution >= 0.6 is 23.7 Å². The third kappa shape index (κ3) is 4.70. The molecular formula is C21H22ClN3O2S. The number of amides is 1. The number of benzene rings is 2. The largest absolute Gasteiger partial charge is 0.497 e. The molecule has 0 bridgehead atoms. The van der Waals surface area contributed by atoms with Gasteiger partial charge < -0.3 is 4.74 Å². The number of hydrogen-bond donors (Lipinski definition) is 1. The van der Waals surface area contributed by atoms with Crippen LogP contribution in [0.25, 0.3) is 0 Å². The molecule has 0 atom stereocenters. The van der Waals surface area contributed by atoms with Gasteiger partial charge in [-0.15, -0.1) is 23.7 Å². The molecule has 28 heavy (non-hydrogen) atoms. The number of rotatable bonds is 5. The lowest BCUT2D eigenvalue weighted by Gasteiger charge is -2.25. The highest BCUT2D eigenvalue weighted by Gasteiger charge is 2.21. The molecule has 0 fully saturated rings. The average Bonchev–Trinajstić information content (AvgIpc) is 3.10. The van der Waals surface area contributed by atoms with Gasteiger partial charge in [0.15, 0.2) is 5.13 Å². The first-order valence-electron chi connectivity index (χ1n) is 8.91. The molecule has 4 rings (SSSR count). The number of hydrogen-bond acceptors (Lipinski definition) is 5. The third-order valence-electron chi connectivity index (χ3n) is 4.61. The van der Waals surface area contributed by atoms with Gasteiger partial charge in [0.25, 0.3) is 5.91 Å². The average molecular weight is 416 g/mol. The molecule has 0 saturated carbocycles. The predicted octanol–water partition coefficient (Wildman–Crippen LogP) is 4.38. The summed E-state index contributed by atoms with van der Waals surface area (Å²) in [6, 6.07) is 17.6. The maximum atomic E-state index is 12.5. The van der Waals surface area contributed by atoms with Crippen molar-refractivity contribution in [3.8, 4) is 5.75 Å².